The van der Waals surface area contributed by atoms with Crippen molar-refractivity contribution in [1.82, 2.24) is 0 Å². The summed E-state index contributed by atoms with van der Waals surface area (Å²) >= 11 is 22.2. The van der Waals surface area contributed by atoms with Gasteiger partial charge in [-0.1, -0.05) is 50.7 Å². The van der Waals surface area contributed by atoms with Gasteiger partial charge in [-0.15, -0.1) is 0 Å². The van der Waals surface area contributed by atoms with Gasteiger partial charge < -0.3 is 9.47 Å². The van der Waals surface area contributed by atoms with Crippen molar-refractivity contribution in [2.45, 2.75) is 4.83 Å². The minimum absolute atomic E-state index is 0.206. The van der Waals surface area contributed by atoms with E-state index < -0.39 is 0 Å². The summed E-state index contributed by atoms with van der Waals surface area (Å²) in [5.74, 6) is 1.24. The molecule has 2 aromatic rings. The number of benzene rings is 2. The largest absolute Gasteiger partial charge is 0.496 e. The smallest absolute Gasteiger partial charge is 0.138 e. The van der Waals surface area contributed by atoms with Gasteiger partial charge in [0.1, 0.15) is 11.5 Å². The molecule has 0 fully saturated rings. The zero-order valence-electron chi connectivity index (χ0n) is 11.3. The monoisotopic (exact) mass is 408 g/mol. The number of ether oxygens (including phenoxy) is 2. The number of halogens is 4. The summed E-state index contributed by atoms with van der Waals surface area (Å²) in [5.41, 5.74) is 1.68. The topological polar surface area (TPSA) is 18.5 Å². The van der Waals surface area contributed by atoms with Crippen molar-refractivity contribution < 1.29 is 9.47 Å². The highest BCUT2D eigenvalue weighted by molar-refractivity contribution is 9.09. The summed E-state index contributed by atoms with van der Waals surface area (Å²) in [6.07, 6.45) is 0. The van der Waals surface area contributed by atoms with Crippen LogP contribution in [0, 0.1) is 0 Å². The molecule has 2 aromatic carbocycles. The molecule has 112 valence electrons. The average Bonchev–Trinajstić information content (AvgIpc) is 2.48. The van der Waals surface area contributed by atoms with Gasteiger partial charge >= 0.3 is 0 Å². The third-order valence-corrected chi connectivity index (χ3v) is 4.85. The van der Waals surface area contributed by atoms with Crippen molar-refractivity contribution in [3.05, 3.63) is 56.5 Å². The second-order valence-corrected chi connectivity index (χ2v) is 6.42. The SMILES string of the molecule is COc1cc(Cl)c(C(Br)c2cc(Cl)ccc2OC)cc1Cl. The Kier molecular flexibility index (Phi) is 5.67. The molecule has 2 nitrogen and oxygen atoms in total. The molecule has 1 atom stereocenters. The van der Waals surface area contributed by atoms with Crippen LogP contribution in [0.4, 0.5) is 0 Å². The molecular formula is C15H12BrCl3O2. The number of methoxy groups -OCH3 is 2. The standard InChI is InChI=1S/C15H12BrCl3O2/c1-20-13-4-3-8(17)5-10(13)15(16)9-6-12(19)14(21-2)7-11(9)18/h3-7,15H,1-2H3. The molecule has 0 aliphatic carbocycles. The average molecular weight is 411 g/mol. The fourth-order valence-corrected chi connectivity index (χ4v) is 3.53. The first-order valence-corrected chi connectivity index (χ1v) is 8.03. The number of rotatable bonds is 4. The quantitative estimate of drug-likeness (QED) is 0.563. The predicted octanol–water partition coefficient (Wildman–Crippen LogP) is 6.15. The summed E-state index contributed by atoms with van der Waals surface area (Å²) in [6.45, 7) is 0. The molecule has 0 aromatic heterocycles. The molecule has 0 saturated carbocycles. The van der Waals surface area contributed by atoms with Gasteiger partial charge in [-0.05, 0) is 29.8 Å². The summed E-state index contributed by atoms with van der Waals surface area (Å²) < 4.78 is 10.5. The van der Waals surface area contributed by atoms with Crippen molar-refractivity contribution in [2.24, 2.45) is 0 Å². The van der Waals surface area contributed by atoms with Gasteiger partial charge in [-0.25, -0.2) is 0 Å². The van der Waals surface area contributed by atoms with Crippen LogP contribution in [0.3, 0.4) is 0 Å². The maximum absolute atomic E-state index is 6.32. The first kappa shape index (κ1) is 16.8. The van der Waals surface area contributed by atoms with Gasteiger partial charge in [0.2, 0.25) is 0 Å². The summed E-state index contributed by atoms with van der Waals surface area (Å²) in [4.78, 5) is -0.206. The number of hydrogen-bond acceptors (Lipinski definition) is 2. The van der Waals surface area contributed by atoms with Crippen molar-refractivity contribution >= 4 is 50.7 Å². The zero-order chi connectivity index (χ0) is 15.6. The third kappa shape index (κ3) is 3.59. The zero-order valence-corrected chi connectivity index (χ0v) is 15.1. The fourth-order valence-electron chi connectivity index (χ4n) is 1.97. The molecule has 0 spiro atoms. The Hall–Kier alpha value is -0.610. The first-order chi connectivity index (χ1) is 9.97. The Morgan fingerprint density at radius 3 is 2.14 bits per heavy atom. The first-order valence-electron chi connectivity index (χ1n) is 5.98. The molecule has 0 N–H and O–H groups in total. The van der Waals surface area contributed by atoms with Crippen LogP contribution in [0.1, 0.15) is 16.0 Å². The van der Waals surface area contributed by atoms with Crippen LogP contribution >= 0.6 is 50.7 Å². The van der Waals surface area contributed by atoms with Crippen LogP contribution in [0.15, 0.2) is 30.3 Å². The third-order valence-electron chi connectivity index (χ3n) is 3.01. The van der Waals surface area contributed by atoms with E-state index in [9.17, 15) is 0 Å². The van der Waals surface area contributed by atoms with E-state index in [0.717, 1.165) is 11.1 Å². The molecule has 6 heteroatoms. The van der Waals surface area contributed by atoms with Gasteiger partial charge in [0.25, 0.3) is 0 Å². The van der Waals surface area contributed by atoms with Crippen LogP contribution in [0.25, 0.3) is 0 Å². The Morgan fingerprint density at radius 2 is 1.52 bits per heavy atom. The van der Waals surface area contributed by atoms with Crippen LogP contribution in [0.5, 0.6) is 11.5 Å². The van der Waals surface area contributed by atoms with E-state index in [4.69, 9.17) is 44.3 Å². The van der Waals surface area contributed by atoms with E-state index in [1.165, 1.54) is 0 Å². The Balaban J connectivity index is 2.52. The van der Waals surface area contributed by atoms with E-state index in [2.05, 4.69) is 15.9 Å². The van der Waals surface area contributed by atoms with Gasteiger partial charge in [0, 0.05) is 21.7 Å². The van der Waals surface area contributed by atoms with Gasteiger partial charge in [0.05, 0.1) is 24.1 Å². The van der Waals surface area contributed by atoms with Gasteiger partial charge in [0.15, 0.2) is 0 Å². The van der Waals surface area contributed by atoms with E-state index in [1.54, 1.807) is 32.4 Å². The molecule has 21 heavy (non-hydrogen) atoms. The van der Waals surface area contributed by atoms with Crippen LogP contribution in [-0.2, 0) is 0 Å². The molecule has 1 unspecified atom stereocenters. The van der Waals surface area contributed by atoms with Crippen molar-refractivity contribution in [3.63, 3.8) is 0 Å². The lowest BCUT2D eigenvalue weighted by molar-refractivity contribution is 0.410. The minimum Gasteiger partial charge on any atom is -0.496 e. The summed E-state index contributed by atoms with van der Waals surface area (Å²) in [5, 5.41) is 1.65. The molecular weight excluding hydrogens is 398 g/mol. The lowest BCUT2D eigenvalue weighted by Crippen LogP contribution is -1.99. The molecule has 0 aliphatic rings. The molecule has 0 heterocycles. The van der Waals surface area contributed by atoms with Crippen LogP contribution in [0.2, 0.25) is 15.1 Å². The predicted molar refractivity (Wildman–Crippen MR) is 91.8 cm³/mol. The number of alkyl halides is 1. The Labute approximate surface area is 147 Å². The van der Waals surface area contributed by atoms with Gasteiger partial charge in [-0.2, -0.15) is 0 Å². The molecule has 0 amide bonds. The van der Waals surface area contributed by atoms with Crippen LogP contribution < -0.4 is 9.47 Å². The van der Waals surface area contributed by atoms with E-state index in [1.807, 2.05) is 12.1 Å². The minimum atomic E-state index is -0.206. The second kappa shape index (κ2) is 7.10. The molecule has 2 rings (SSSR count). The van der Waals surface area contributed by atoms with Crippen molar-refractivity contribution in [3.8, 4) is 11.5 Å². The van der Waals surface area contributed by atoms with E-state index in [-0.39, 0.29) is 4.83 Å². The maximum atomic E-state index is 6.32. The summed E-state index contributed by atoms with van der Waals surface area (Å²) in [7, 11) is 3.15. The molecule has 0 bridgehead atoms. The normalized spacial score (nSPS) is 12.1. The van der Waals surface area contributed by atoms with Crippen molar-refractivity contribution in [2.75, 3.05) is 14.2 Å². The highest BCUT2D eigenvalue weighted by Gasteiger charge is 2.20. The van der Waals surface area contributed by atoms with E-state index in [0.29, 0.717) is 26.6 Å². The lowest BCUT2D eigenvalue weighted by atomic mass is 10.0. The maximum Gasteiger partial charge on any atom is 0.138 e. The van der Waals surface area contributed by atoms with Gasteiger partial charge in [-0.3, -0.25) is 0 Å². The number of hydrogen-bond donors (Lipinski definition) is 0. The highest BCUT2D eigenvalue weighted by Crippen LogP contribution is 2.43. The Morgan fingerprint density at radius 1 is 0.857 bits per heavy atom. The van der Waals surface area contributed by atoms with Crippen molar-refractivity contribution in [1.29, 1.82) is 0 Å². The summed E-state index contributed by atoms with van der Waals surface area (Å²) in [6, 6.07) is 8.86. The van der Waals surface area contributed by atoms with Crippen LogP contribution in [-0.4, -0.2) is 14.2 Å². The molecule has 0 radical (unpaired) electrons. The second-order valence-electron chi connectivity index (χ2n) is 4.26. The fraction of sp³-hybridized carbons (Fsp3) is 0.200. The van der Waals surface area contributed by atoms with E-state index >= 15 is 0 Å². The molecule has 0 saturated heterocycles. The Bertz CT molecular complexity index is 662. The lowest BCUT2D eigenvalue weighted by Gasteiger charge is -2.17. The molecule has 0 aliphatic heterocycles. The highest BCUT2D eigenvalue weighted by atomic mass is 79.9.